The fraction of sp³-hybridized carbons (Fsp3) is 0.235. The average molecular weight is 444 g/mol. The molecule has 1 heterocycles. The lowest BCUT2D eigenvalue weighted by Gasteiger charge is -2.17. The summed E-state index contributed by atoms with van der Waals surface area (Å²) in [4.78, 5) is 13.4. The Labute approximate surface area is 160 Å². The van der Waals surface area contributed by atoms with Crippen molar-refractivity contribution >= 4 is 49.1 Å². The predicted molar refractivity (Wildman–Crippen MR) is 101 cm³/mol. The van der Waals surface area contributed by atoms with Crippen LogP contribution in [0.5, 0.6) is 0 Å². The Hall–Kier alpha value is -1.41. The highest BCUT2D eigenvalue weighted by atomic mass is 79.9. The molecule has 0 fully saturated rings. The molecule has 2 aromatic carbocycles. The van der Waals surface area contributed by atoms with Gasteiger partial charge in [0.05, 0.1) is 4.90 Å². The Morgan fingerprint density at radius 3 is 2.72 bits per heavy atom. The number of carbonyl (C=O) groups is 1. The molecule has 0 atom stereocenters. The van der Waals surface area contributed by atoms with Gasteiger partial charge < -0.3 is 4.90 Å². The topological polar surface area (TPSA) is 66.5 Å². The number of nitrogens with zero attached hydrogens (tertiary/aromatic N) is 1. The highest BCUT2D eigenvalue weighted by molar-refractivity contribution is 9.10. The van der Waals surface area contributed by atoms with Crippen LogP contribution < -0.4 is 9.62 Å². The maximum atomic E-state index is 12.7. The molecule has 8 heteroatoms. The summed E-state index contributed by atoms with van der Waals surface area (Å²) in [5.41, 5.74) is 2.29. The molecule has 1 aliphatic rings. The fourth-order valence-electron chi connectivity index (χ4n) is 2.81. The van der Waals surface area contributed by atoms with Gasteiger partial charge in [-0.3, -0.25) is 4.79 Å². The number of sulfonamides is 1. The van der Waals surface area contributed by atoms with E-state index >= 15 is 0 Å². The third-order valence-electron chi connectivity index (χ3n) is 4.11. The fourth-order valence-corrected chi connectivity index (χ4v) is 5.13. The lowest BCUT2D eigenvalue weighted by molar-refractivity contribution is -0.116. The summed E-state index contributed by atoms with van der Waals surface area (Å²) >= 11 is 9.41. The van der Waals surface area contributed by atoms with Gasteiger partial charge in [0.2, 0.25) is 15.9 Å². The molecule has 132 valence electrons. The second kappa shape index (κ2) is 7.07. The number of fused-ring (bicyclic) bond motifs is 1. The molecule has 1 amide bonds. The molecule has 0 radical (unpaired) electrons. The molecular weight excluding hydrogens is 428 g/mol. The van der Waals surface area contributed by atoms with Crippen LogP contribution in [-0.4, -0.2) is 20.9 Å². The van der Waals surface area contributed by atoms with Crippen LogP contribution in [0.1, 0.15) is 18.1 Å². The molecule has 0 saturated heterocycles. The van der Waals surface area contributed by atoms with Crippen molar-refractivity contribution in [1.29, 1.82) is 0 Å². The first-order valence-electron chi connectivity index (χ1n) is 7.63. The zero-order chi connectivity index (χ0) is 18.2. The molecular formula is C17H16BrClN2O3S. The largest absolute Gasteiger partial charge is 0.312 e. The monoisotopic (exact) mass is 442 g/mol. The Kier molecular flexibility index (Phi) is 5.20. The number of hydrogen-bond acceptors (Lipinski definition) is 3. The molecule has 1 N–H and O–H groups in total. The van der Waals surface area contributed by atoms with E-state index in [9.17, 15) is 13.2 Å². The van der Waals surface area contributed by atoms with E-state index in [2.05, 4.69) is 20.7 Å². The van der Waals surface area contributed by atoms with Crippen LogP contribution in [0.2, 0.25) is 5.02 Å². The lowest BCUT2D eigenvalue weighted by Crippen LogP contribution is -2.27. The van der Waals surface area contributed by atoms with E-state index in [4.69, 9.17) is 11.6 Å². The first kappa shape index (κ1) is 18.4. The summed E-state index contributed by atoms with van der Waals surface area (Å²) < 4.78 is 28.5. The van der Waals surface area contributed by atoms with E-state index in [1.54, 1.807) is 41.3 Å². The van der Waals surface area contributed by atoms with E-state index in [-0.39, 0.29) is 17.3 Å². The number of halogens is 2. The Balaban J connectivity index is 1.91. The summed E-state index contributed by atoms with van der Waals surface area (Å²) in [5, 5.41) is 0.501. The van der Waals surface area contributed by atoms with Crippen molar-refractivity contribution < 1.29 is 13.2 Å². The normalized spacial score (nSPS) is 13.8. The van der Waals surface area contributed by atoms with Gasteiger partial charge in [-0.25, -0.2) is 13.1 Å². The number of amides is 1. The maximum Gasteiger partial charge on any atom is 0.242 e. The number of rotatable bonds is 4. The zero-order valence-corrected chi connectivity index (χ0v) is 16.6. The number of anilines is 1. The molecule has 0 unspecified atom stereocenters. The van der Waals surface area contributed by atoms with E-state index < -0.39 is 10.0 Å². The Bertz CT molecular complexity index is 947. The molecule has 3 rings (SSSR count). The van der Waals surface area contributed by atoms with Crippen molar-refractivity contribution in [3.05, 3.63) is 57.0 Å². The summed E-state index contributed by atoms with van der Waals surface area (Å²) in [5.74, 6) is -0.103. The van der Waals surface area contributed by atoms with Crippen LogP contribution in [0, 0.1) is 0 Å². The van der Waals surface area contributed by atoms with Crippen molar-refractivity contribution in [3.8, 4) is 0 Å². The van der Waals surface area contributed by atoms with E-state index in [0.717, 1.165) is 5.56 Å². The van der Waals surface area contributed by atoms with Crippen LogP contribution in [0.15, 0.2) is 45.8 Å². The van der Waals surface area contributed by atoms with Crippen LogP contribution in [-0.2, 0) is 27.8 Å². The van der Waals surface area contributed by atoms with Crippen molar-refractivity contribution in [2.24, 2.45) is 0 Å². The summed E-state index contributed by atoms with van der Waals surface area (Å²) in [7, 11) is -3.77. The van der Waals surface area contributed by atoms with E-state index in [0.29, 0.717) is 33.7 Å². The van der Waals surface area contributed by atoms with Crippen molar-refractivity contribution in [1.82, 2.24) is 4.72 Å². The maximum absolute atomic E-state index is 12.7. The standard InChI is InChI=1S/C17H16BrClN2O3S/c1-11(22)21-7-6-12-8-14(18)17(9-16(12)21)25(23,24)20-10-13-4-2-3-5-15(13)19/h2-5,8-9,20H,6-7,10H2,1H3. The van der Waals surface area contributed by atoms with Crippen LogP contribution in [0.3, 0.4) is 0 Å². The molecule has 0 aliphatic carbocycles. The average Bonchev–Trinajstić information content (AvgIpc) is 2.96. The molecule has 25 heavy (non-hydrogen) atoms. The molecule has 5 nitrogen and oxygen atoms in total. The minimum atomic E-state index is -3.77. The number of hydrogen-bond donors (Lipinski definition) is 1. The predicted octanol–water partition coefficient (Wildman–Crippen LogP) is 3.49. The number of carbonyl (C=O) groups excluding carboxylic acids is 1. The quantitative estimate of drug-likeness (QED) is 0.786. The highest BCUT2D eigenvalue weighted by Gasteiger charge is 2.27. The van der Waals surface area contributed by atoms with Gasteiger partial charge in [0, 0.05) is 35.2 Å². The van der Waals surface area contributed by atoms with Crippen LogP contribution >= 0.6 is 27.5 Å². The SMILES string of the molecule is CC(=O)N1CCc2cc(Br)c(S(=O)(=O)NCc3ccccc3Cl)cc21. The molecule has 1 aliphatic heterocycles. The molecule has 0 saturated carbocycles. The second-order valence-corrected chi connectivity index (χ2v) is 8.74. The first-order valence-corrected chi connectivity index (χ1v) is 10.3. The van der Waals surface area contributed by atoms with Crippen molar-refractivity contribution in [2.75, 3.05) is 11.4 Å². The molecule has 2 aromatic rings. The molecule has 0 spiro atoms. The Morgan fingerprint density at radius 1 is 1.32 bits per heavy atom. The minimum absolute atomic E-state index is 0.0853. The number of benzene rings is 2. The molecule has 0 aromatic heterocycles. The second-order valence-electron chi connectivity index (χ2n) is 5.75. The Morgan fingerprint density at radius 2 is 2.04 bits per heavy atom. The van der Waals surface area contributed by atoms with Crippen LogP contribution in [0.25, 0.3) is 0 Å². The van der Waals surface area contributed by atoms with Gasteiger partial charge in [0.15, 0.2) is 0 Å². The summed E-state index contributed by atoms with van der Waals surface area (Å²) in [6.07, 6.45) is 0.709. The van der Waals surface area contributed by atoms with Gasteiger partial charge in [-0.15, -0.1) is 0 Å². The van der Waals surface area contributed by atoms with Gasteiger partial charge in [0.25, 0.3) is 0 Å². The minimum Gasteiger partial charge on any atom is -0.312 e. The zero-order valence-electron chi connectivity index (χ0n) is 13.4. The van der Waals surface area contributed by atoms with Gasteiger partial charge in [-0.1, -0.05) is 29.8 Å². The van der Waals surface area contributed by atoms with Gasteiger partial charge in [0.1, 0.15) is 0 Å². The number of nitrogens with one attached hydrogen (secondary N) is 1. The smallest absolute Gasteiger partial charge is 0.242 e. The molecule has 0 bridgehead atoms. The summed E-state index contributed by atoms with van der Waals surface area (Å²) in [6.45, 7) is 2.12. The third-order valence-corrected chi connectivity index (χ3v) is 6.84. The third kappa shape index (κ3) is 3.74. The van der Waals surface area contributed by atoms with Gasteiger partial charge >= 0.3 is 0 Å². The lowest BCUT2D eigenvalue weighted by atomic mass is 10.2. The summed E-state index contributed by atoms with van der Waals surface area (Å²) in [6, 6.07) is 10.4. The first-order chi connectivity index (χ1) is 11.8. The van der Waals surface area contributed by atoms with Crippen molar-refractivity contribution in [3.63, 3.8) is 0 Å². The van der Waals surface area contributed by atoms with Gasteiger partial charge in [-0.05, 0) is 51.7 Å². The van der Waals surface area contributed by atoms with E-state index in [1.165, 1.54) is 6.92 Å². The van der Waals surface area contributed by atoms with E-state index in [1.807, 2.05) is 0 Å². The van der Waals surface area contributed by atoms with Gasteiger partial charge in [-0.2, -0.15) is 0 Å². The van der Waals surface area contributed by atoms with Crippen LogP contribution in [0.4, 0.5) is 5.69 Å². The van der Waals surface area contributed by atoms with Crippen molar-refractivity contribution in [2.45, 2.75) is 24.8 Å². The highest BCUT2D eigenvalue weighted by Crippen LogP contribution is 2.35.